The molecule has 33 heavy (non-hydrogen) atoms. The van der Waals surface area contributed by atoms with Crippen LogP contribution in [0.5, 0.6) is 0 Å². The number of ether oxygens (including phenoxy) is 1. The highest BCUT2D eigenvalue weighted by molar-refractivity contribution is 9.09. The van der Waals surface area contributed by atoms with Gasteiger partial charge in [-0.3, -0.25) is 14.2 Å². The van der Waals surface area contributed by atoms with Crippen LogP contribution in [-0.4, -0.2) is 32.8 Å². The fraction of sp³-hybridized carbons (Fsp3) is 0.333. The zero-order valence-corrected chi connectivity index (χ0v) is 19.9. The van der Waals surface area contributed by atoms with E-state index in [-0.39, 0.29) is 11.9 Å². The molecule has 1 aromatic heterocycles. The number of benzene rings is 2. The van der Waals surface area contributed by atoms with E-state index in [1.54, 1.807) is 30.3 Å². The second kappa shape index (κ2) is 10.2. The molecule has 0 aliphatic rings. The maximum absolute atomic E-state index is 13.9. The van der Waals surface area contributed by atoms with E-state index in [9.17, 15) is 23.6 Å². The van der Waals surface area contributed by atoms with E-state index < -0.39 is 41.0 Å². The molecular weight excluding hydrogens is 495 g/mol. The van der Waals surface area contributed by atoms with Crippen molar-refractivity contribution in [3.63, 3.8) is 0 Å². The molecule has 2 aromatic carbocycles. The van der Waals surface area contributed by atoms with Crippen molar-refractivity contribution in [2.75, 3.05) is 11.9 Å². The second-order valence-corrected chi connectivity index (χ2v) is 8.85. The highest BCUT2D eigenvalue weighted by Crippen LogP contribution is 2.18. The van der Waals surface area contributed by atoms with Gasteiger partial charge in [-0.25, -0.2) is 18.5 Å². The molecule has 0 aliphatic heterocycles. The Bertz CT molecular complexity index is 1300. The van der Waals surface area contributed by atoms with Crippen molar-refractivity contribution >= 4 is 38.6 Å². The van der Waals surface area contributed by atoms with Crippen molar-refractivity contribution in [1.82, 2.24) is 9.13 Å². The normalized spacial score (nSPS) is 11.5. The Labute approximate surface area is 197 Å². The van der Waals surface area contributed by atoms with Crippen LogP contribution in [0.25, 0.3) is 10.9 Å². The van der Waals surface area contributed by atoms with Crippen LogP contribution < -0.4 is 11.2 Å². The highest BCUT2D eigenvalue weighted by atomic mass is 79.9. The molecular formula is C24H24BrFN2O5. The van der Waals surface area contributed by atoms with Crippen LogP contribution in [0, 0.1) is 5.82 Å². The molecule has 3 rings (SSSR count). The highest BCUT2D eigenvalue weighted by Gasteiger charge is 2.36. The molecule has 0 unspecified atom stereocenters. The van der Waals surface area contributed by atoms with Crippen LogP contribution in [0.15, 0.2) is 58.1 Å². The number of halogens is 2. The van der Waals surface area contributed by atoms with Gasteiger partial charge in [0.2, 0.25) is 0 Å². The topological polar surface area (TPSA) is 87.4 Å². The van der Waals surface area contributed by atoms with Gasteiger partial charge < -0.3 is 4.74 Å². The fourth-order valence-electron chi connectivity index (χ4n) is 3.53. The van der Waals surface area contributed by atoms with Crippen LogP contribution in [0.4, 0.5) is 4.39 Å². The SMILES string of the molecule is CC(C)(C(=O)OCC(=O)c1ccccc1)n1c(=O)c2cc(F)ccc2n(CCCCBr)c1=O. The number of ketones is 1. The number of hydrogen-bond acceptors (Lipinski definition) is 5. The van der Waals surface area contributed by atoms with E-state index in [0.717, 1.165) is 22.4 Å². The van der Waals surface area contributed by atoms with Crippen molar-refractivity contribution in [1.29, 1.82) is 0 Å². The maximum atomic E-state index is 13.9. The first-order chi connectivity index (χ1) is 15.7. The van der Waals surface area contributed by atoms with Gasteiger partial charge in [0.1, 0.15) is 11.4 Å². The lowest BCUT2D eigenvalue weighted by Crippen LogP contribution is -2.53. The van der Waals surface area contributed by atoms with Crippen LogP contribution in [0.2, 0.25) is 0 Å². The van der Waals surface area contributed by atoms with E-state index in [1.165, 1.54) is 30.5 Å². The van der Waals surface area contributed by atoms with Crippen molar-refractivity contribution in [3.05, 3.63) is 80.7 Å². The van der Waals surface area contributed by atoms with Gasteiger partial charge in [-0.1, -0.05) is 46.3 Å². The lowest BCUT2D eigenvalue weighted by Gasteiger charge is -2.26. The summed E-state index contributed by atoms with van der Waals surface area (Å²) >= 11 is 3.34. The van der Waals surface area contributed by atoms with Gasteiger partial charge in [0, 0.05) is 17.4 Å². The summed E-state index contributed by atoms with van der Waals surface area (Å²) in [6.07, 6.45) is 1.41. The van der Waals surface area contributed by atoms with Crippen LogP contribution >= 0.6 is 15.9 Å². The van der Waals surface area contributed by atoms with Gasteiger partial charge in [0.15, 0.2) is 12.4 Å². The standard InChI is InChI=1S/C24H24BrFN2O5/c1-24(2,22(31)33-15-20(29)16-8-4-3-5-9-16)28-21(30)18-14-17(26)10-11-19(18)27(23(28)32)13-7-6-12-25/h3-5,8-11,14H,6-7,12-13,15H2,1-2H3. The summed E-state index contributed by atoms with van der Waals surface area (Å²) in [7, 11) is 0. The molecule has 0 fully saturated rings. The van der Waals surface area contributed by atoms with E-state index >= 15 is 0 Å². The summed E-state index contributed by atoms with van der Waals surface area (Å²) in [6.45, 7) is 2.46. The van der Waals surface area contributed by atoms with Crippen LogP contribution in [0.3, 0.4) is 0 Å². The summed E-state index contributed by atoms with van der Waals surface area (Å²) in [5, 5.41) is 0.718. The van der Waals surface area contributed by atoms with E-state index in [2.05, 4.69) is 15.9 Å². The molecule has 0 saturated carbocycles. The fourth-order valence-corrected chi connectivity index (χ4v) is 3.92. The Morgan fingerprint density at radius 1 is 1.06 bits per heavy atom. The monoisotopic (exact) mass is 518 g/mol. The predicted octanol–water partition coefficient (Wildman–Crippen LogP) is 3.64. The average molecular weight is 519 g/mol. The number of aryl methyl sites for hydroxylation is 1. The number of hydrogen-bond donors (Lipinski definition) is 0. The lowest BCUT2D eigenvalue weighted by molar-refractivity contribution is -0.151. The first kappa shape index (κ1) is 24.6. The third-order valence-electron chi connectivity index (χ3n) is 5.36. The van der Waals surface area contributed by atoms with Gasteiger partial charge in [-0.2, -0.15) is 0 Å². The summed E-state index contributed by atoms with van der Waals surface area (Å²) in [5.41, 5.74) is -2.58. The first-order valence-electron chi connectivity index (χ1n) is 10.5. The minimum atomic E-state index is -1.73. The van der Waals surface area contributed by atoms with Crippen molar-refractivity contribution < 1.29 is 18.7 Å². The minimum absolute atomic E-state index is 0.0188. The Morgan fingerprint density at radius 2 is 1.76 bits per heavy atom. The number of fused-ring (bicyclic) bond motifs is 1. The number of Topliss-reactive ketones (excluding diaryl/α,β-unsaturated/α-hetero) is 1. The number of rotatable bonds is 9. The van der Waals surface area contributed by atoms with Crippen LogP contribution in [-0.2, 0) is 21.6 Å². The molecule has 0 radical (unpaired) electrons. The number of nitrogens with zero attached hydrogens (tertiary/aromatic N) is 2. The summed E-state index contributed by atoms with van der Waals surface area (Å²) in [6, 6.07) is 11.9. The maximum Gasteiger partial charge on any atom is 0.332 e. The molecule has 3 aromatic rings. The number of carbonyl (C=O) groups is 2. The number of unbranched alkanes of at least 4 members (excludes halogenated alkanes) is 1. The lowest BCUT2D eigenvalue weighted by atomic mass is 10.0. The van der Waals surface area contributed by atoms with E-state index in [0.29, 0.717) is 17.5 Å². The number of carbonyl (C=O) groups excluding carboxylic acids is 2. The number of esters is 1. The minimum Gasteiger partial charge on any atom is -0.456 e. The van der Waals surface area contributed by atoms with Crippen molar-refractivity contribution in [3.8, 4) is 0 Å². The van der Waals surface area contributed by atoms with Crippen molar-refractivity contribution in [2.24, 2.45) is 0 Å². The quantitative estimate of drug-likeness (QED) is 0.187. The Morgan fingerprint density at radius 3 is 2.42 bits per heavy atom. The van der Waals surface area contributed by atoms with Gasteiger partial charge in [-0.05, 0) is 44.9 Å². The molecule has 9 heteroatoms. The van der Waals surface area contributed by atoms with Gasteiger partial charge >= 0.3 is 11.7 Å². The molecule has 0 N–H and O–H groups in total. The van der Waals surface area contributed by atoms with E-state index in [4.69, 9.17) is 4.74 Å². The third kappa shape index (κ3) is 5.13. The molecule has 0 amide bonds. The second-order valence-electron chi connectivity index (χ2n) is 8.06. The Kier molecular flexibility index (Phi) is 7.63. The largest absolute Gasteiger partial charge is 0.456 e. The summed E-state index contributed by atoms with van der Waals surface area (Å²) in [4.78, 5) is 51.8. The Balaban J connectivity index is 2.01. The number of alkyl halides is 1. The van der Waals surface area contributed by atoms with Gasteiger partial charge in [0.25, 0.3) is 5.56 Å². The molecule has 0 saturated heterocycles. The zero-order valence-electron chi connectivity index (χ0n) is 18.3. The molecule has 0 bridgehead atoms. The predicted molar refractivity (Wildman–Crippen MR) is 127 cm³/mol. The average Bonchev–Trinajstić information content (AvgIpc) is 2.80. The molecule has 7 nitrogen and oxygen atoms in total. The molecule has 0 spiro atoms. The smallest absolute Gasteiger partial charge is 0.332 e. The third-order valence-corrected chi connectivity index (χ3v) is 5.92. The summed E-state index contributed by atoms with van der Waals surface area (Å²) < 4.78 is 21.3. The molecule has 0 atom stereocenters. The van der Waals surface area contributed by atoms with Gasteiger partial charge in [-0.15, -0.1) is 0 Å². The molecule has 0 aliphatic carbocycles. The first-order valence-corrected chi connectivity index (χ1v) is 11.6. The van der Waals surface area contributed by atoms with E-state index in [1.807, 2.05) is 0 Å². The zero-order chi connectivity index (χ0) is 24.2. The molecule has 174 valence electrons. The number of aromatic nitrogens is 2. The summed E-state index contributed by atoms with van der Waals surface area (Å²) in [5.74, 6) is -1.97. The molecule has 1 heterocycles. The van der Waals surface area contributed by atoms with Crippen LogP contribution in [0.1, 0.15) is 37.0 Å². The van der Waals surface area contributed by atoms with Gasteiger partial charge in [0.05, 0.1) is 10.9 Å². The Hall–Kier alpha value is -3.07. The van der Waals surface area contributed by atoms with Crippen molar-refractivity contribution in [2.45, 2.75) is 38.8 Å².